The van der Waals surface area contributed by atoms with Gasteiger partial charge in [0.25, 0.3) is 0 Å². The monoisotopic (exact) mass is 1830 g/mol. The molecule has 41 heteroatoms. The number of primary amides is 1. The summed E-state index contributed by atoms with van der Waals surface area (Å²) in [4.78, 5) is 132. The largest absolute Gasteiger partial charge is 0.507 e. The standard InChI is InChI=1S/C86H105Cl2N11O27S/c1-7-8-9-12-15-41-16-21-46(22-17-41)127(118,119)92-27-14-11-10-13-26-91-37-49-55(102)34-48-63(71(49)106)47-29-42(18-23-54(47)101)64-79(111)98-68(82(114)96-66(48)83(115)116)70(105)44-20-25-57(51(88)31-44)122-59-33-45-32-58(74(59)125-84-75(73(108)72(107)60(38-100)123-84)124-62-36-86(5)76(40(4)120-62)126-85(117)99-86)121-56-24-19-43(30-50(56)87)69(104)67(97-77(109)52(90-6)28-39(2)3)81(113)93-53(35-61(89)103)78(110)94-65(45)80(112)95-64/h16-25,29-34,39-40,52-53,60,62,64-70,72-73,75-76,84,90-92,100-102,104-108H,7-15,26-28,35-38H2,1-6H3,(H2,89,103)(H,93,113)(H,94,110)(H,95,112)(H,96,114)(H,97,109)(H,98,111)(H,99,117)(H,115,116)/t40-,52+,53-,60+,62-,64+,65+,66-,67+,68-,69+,70+,72+,73-,75+,76+,84-,86+/m0/s1. The van der Waals surface area contributed by atoms with E-state index in [2.05, 4.69) is 59.5 Å². The van der Waals surface area contributed by atoms with Crippen LogP contribution in [0.25, 0.3) is 11.1 Å². The Labute approximate surface area is 740 Å². The number of aromatic hydroxyl groups is 3. The van der Waals surface area contributed by atoms with Gasteiger partial charge >= 0.3 is 12.1 Å². The lowest BCUT2D eigenvalue weighted by Crippen LogP contribution is -2.63. The van der Waals surface area contributed by atoms with Gasteiger partial charge in [0.2, 0.25) is 63.4 Å². The highest BCUT2D eigenvalue weighted by Crippen LogP contribution is 2.51. The third-order valence-corrected chi connectivity index (χ3v) is 25.1. The number of hydrogen-bond donors (Lipinski definition) is 20. The molecule has 127 heavy (non-hydrogen) atoms. The number of nitrogens with one attached hydrogen (secondary N) is 10. The summed E-state index contributed by atoms with van der Waals surface area (Å²) < 4.78 is 73.6. The zero-order valence-corrected chi connectivity index (χ0v) is 72.4. The summed E-state index contributed by atoms with van der Waals surface area (Å²) in [5, 5.41) is 130. The Balaban J connectivity index is 0.970. The van der Waals surface area contributed by atoms with Crippen LogP contribution in [0.4, 0.5) is 4.79 Å². The second kappa shape index (κ2) is 41.1. The Morgan fingerprint density at radius 1 is 0.693 bits per heavy atom. The molecule has 0 radical (unpaired) electrons. The molecular weight excluding hydrogens is 1720 g/mol. The van der Waals surface area contributed by atoms with Gasteiger partial charge in [0.15, 0.2) is 36.0 Å². The number of hydrogen-bond acceptors (Lipinski definition) is 28. The first-order chi connectivity index (χ1) is 60.4. The van der Waals surface area contributed by atoms with Gasteiger partial charge in [-0.1, -0.05) is 106 Å². The molecule has 686 valence electrons. The third-order valence-electron chi connectivity index (χ3n) is 23.0. The molecular formula is C86H105Cl2N11O27S. The van der Waals surface area contributed by atoms with Gasteiger partial charge in [-0.2, -0.15) is 0 Å². The lowest BCUT2D eigenvalue weighted by atomic mass is 9.86. The number of phenols is 3. The Hall–Kier alpha value is -10.8. The molecule has 3 saturated heterocycles. The van der Waals surface area contributed by atoms with Gasteiger partial charge in [0, 0.05) is 36.2 Å². The van der Waals surface area contributed by atoms with Gasteiger partial charge in [-0.25, -0.2) is 22.7 Å². The number of aliphatic hydroxyl groups is 5. The number of carbonyl (C=O) groups excluding carboxylic acids is 8. The number of aliphatic hydroxyl groups excluding tert-OH is 5. The molecule has 6 aromatic rings. The fourth-order valence-electron chi connectivity index (χ4n) is 16.2. The van der Waals surface area contributed by atoms with E-state index >= 15 is 24.0 Å². The number of halogens is 2. The van der Waals surface area contributed by atoms with Gasteiger partial charge in [-0.05, 0) is 160 Å². The molecule has 8 amide bonds. The molecule has 21 N–H and O–H groups in total. The first-order valence-corrected chi connectivity index (χ1v) is 43.9. The van der Waals surface area contributed by atoms with E-state index < -0.39 is 259 Å². The number of benzene rings is 6. The van der Waals surface area contributed by atoms with Crippen molar-refractivity contribution in [3.8, 4) is 57.1 Å². The molecule has 8 heterocycles. The van der Waals surface area contributed by atoms with Crippen LogP contribution in [0.5, 0.6) is 46.0 Å². The van der Waals surface area contributed by atoms with Crippen molar-refractivity contribution >= 4 is 86.6 Å². The lowest BCUT2D eigenvalue weighted by Gasteiger charge is -2.46. The predicted octanol–water partition coefficient (Wildman–Crippen LogP) is 4.65. The van der Waals surface area contributed by atoms with Crippen molar-refractivity contribution in [2.45, 2.75) is 232 Å². The Morgan fingerprint density at radius 3 is 1.95 bits per heavy atom. The first-order valence-electron chi connectivity index (χ1n) is 41.7. The maximum atomic E-state index is 16.4. The molecule has 11 bridgehead atoms. The smallest absolute Gasteiger partial charge is 0.408 e. The number of alkyl carbamates (subject to hydrolysis) is 1. The molecule has 0 unspecified atom stereocenters. The van der Waals surface area contributed by atoms with Crippen molar-refractivity contribution in [1.82, 2.24) is 52.6 Å². The van der Waals surface area contributed by atoms with Crippen LogP contribution in [-0.2, 0) is 80.3 Å². The van der Waals surface area contributed by atoms with E-state index in [9.17, 15) is 73.6 Å². The Kier molecular flexibility index (Phi) is 30.9. The lowest BCUT2D eigenvalue weighted by molar-refractivity contribution is -0.332. The summed E-state index contributed by atoms with van der Waals surface area (Å²) in [5.74, 6) is -16.3. The van der Waals surface area contributed by atoms with Crippen LogP contribution in [0.1, 0.15) is 175 Å². The molecule has 3 fully saturated rings. The number of ether oxygens (including phenoxy) is 7. The fourth-order valence-corrected chi connectivity index (χ4v) is 17.8. The Bertz CT molecular complexity index is 5230. The number of phenolic OH excluding ortho intramolecular Hbond substituents is 3. The third kappa shape index (κ3) is 22.0. The highest BCUT2D eigenvalue weighted by atomic mass is 35.5. The number of aliphatic carboxylic acids is 1. The molecule has 0 aromatic heterocycles. The van der Waals surface area contributed by atoms with Crippen LogP contribution in [0.3, 0.4) is 0 Å². The number of carboxylic acids is 1. The van der Waals surface area contributed by atoms with Crippen molar-refractivity contribution in [3.05, 3.63) is 146 Å². The first kappa shape index (κ1) is 95.3. The number of sulfonamides is 1. The number of carboxylic acid groups (broad SMARTS) is 1. The van der Waals surface area contributed by atoms with Crippen molar-refractivity contribution in [2.24, 2.45) is 11.7 Å². The minimum absolute atomic E-state index is 0.119. The number of carbonyl (C=O) groups is 9. The molecule has 14 rings (SSSR count). The average Bonchev–Trinajstić information content (AvgIpc) is 1.68. The number of nitrogens with two attached hydrogens (primary N) is 1. The summed E-state index contributed by atoms with van der Waals surface area (Å²) in [7, 11) is -2.33. The van der Waals surface area contributed by atoms with Crippen molar-refractivity contribution in [2.75, 3.05) is 26.7 Å². The molecule has 8 aliphatic heterocycles. The van der Waals surface area contributed by atoms with E-state index in [-0.39, 0.29) is 70.8 Å². The topological polar surface area (TPSA) is 581 Å². The fraction of sp³-hybridized carbons (Fsp3) is 0.477. The van der Waals surface area contributed by atoms with Crippen molar-refractivity contribution < 1.29 is 131 Å². The molecule has 0 saturated carbocycles. The highest BCUT2D eigenvalue weighted by molar-refractivity contribution is 7.89. The summed E-state index contributed by atoms with van der Waals surface area (Å²) in [6, 6.07) is 5.07. The van der Waals surface area contributed by atoms with Crippen LogP contribution in [-0.4, -0.2) is 213 Å². The summed E-state index contributed by atoms with van der Waals surface area (Å²) >= 11 is 14.3. The van der Waals surface area contributed by atoms with E-state index in [1.54, 1.807) is 26.0 Å². The van der Waals surface area contributed by atoms with Crippen molar-refractivity contribution in [1.29, 1.82) is 0 Å². The number of fused-ring (bicyclic) bond motifs is 16. The molecule has 38 nitrogen and oxygen atoms in total. The number of unbranched alkanes of at least 4 members (excludes halogenated alkanes) is 6. The van der Waals surface area contributed by atoms with E-state index in [0.29, 0.717) is 25.7 Å². The second-order valence-corrected chi connectivity index (χ2v) is 35.4. The van der Waals surface area contributed by atoms with Gasteiger partial charge in [-0.3, -0.25) is 33.6 Å². The zero-order valence-electron chi connectivity index (χ0n) is 70.1. The van der Waals surface area contributed by atoms with Crippen LogP contribution < -0.4 is 72.5 Å². The number of aryl methyl sites for hydroxylation is 1. The minimum atomic E-state index is -3.80. The molecule has 6 aromatic carbocycles. The molecule has 18 atom stereocenters. The quantitative estimate of drug-likeness (QED) is 0.0284. The molecule has 0 spiro atoms. The van der Waals surface area contributed by atoms with Crippen LogP contribution in [0.15, 0.2) is 102 Å². The van der Waals surface area contributed by atoms with E-state index in [1.165, 1.54) is 19.2 Å². The average molecular weight is 1830 g/mol. The normalized spacial score (nSPS) is 26.3. The Morgan fingerprint density at radius 2 is 1.32 bits per heavy atom. The highest BCUT2D eigenvalue weighted by Gasteiger charge is 2.56. The summed E-state index contributed by atoms with van der Waals surface area (Å²) in [6.07, 6.45) is -11.8. The SMILES string of the molecule is CCCCCCc1ccc(S(=O)(=O)NCCCCCCNCc2c(O)cc3c(c2O)-c2cc(ccc2O)[C@H]2NC(=O)[C@@H]4NC(=O)[C@H](CC(N)=O)NC(=O)[C@H](NC(=O)[C@@H](CC(C)C)NC)[C@H](O)c5ccc(c(Cl)c5)Oc5cc4cc(c5O[C@@H]4O[C@H](CO)[C@@H](O)[C@H](O)[C@H]4O[C@H]4C[C@@]5(C)NC(=O)O[C@@H]5[C@H](C)O4)Oc4ccc(cc4Cl)[C@@H](O)[C@H](NC2=O)C(=O)N[C@@H]3C(=O)O)cc1. The van der Waals surface area contributed by atoms with Gasteiger partial charge < -0.3 is 133 Å². The van der Waals surface area contributed by atoms with Crippen LogP contribution >= 0.6 is 23.2 Å². The maximum absolute atomic E-state index is 16.4. The van der Waals surface area contributed by atoms with E-state index in [0.717, 1.165) is 98.3 Å². The van der Waals surface area contributed by atoms with E-state index in [1.807, 2.05) is 26.0 Å². The van der Waals surface area contributed by atoms with Crippen molar-refractivity contribution in [3.63, 3.8) is 0 Å². The minimum Gasteiger partial charge on any atom is -0.507 e. The maximum Gasteiger partial charge on any atom is 0.408 e. The molecule has 0 aliphatic carbocycles. The van der Waals surface area contributed by atoms with Gasteiger partial charge in [-0.15, -0.1) is 0 Å². The summed E-state index contributed by atoms with van der Waals surface area (Å²) in [6.45, 7) is 8.02. The molecule has 8 aliphatic rings. The van der Waals surface area contributed by atoms with Gasteiger partial charge in [0.1, 0.15) is 89.5 Å². The zero-order chi connectivity index (χ0) is 91.8. The summed E-state index contributed by atoms with van der Waals surface area (Å²) in [5.41, 5.74) is 2.37. The number of rotatable bonds is 29. The van der Waals surface area contributed by atoms with Crippen LogP contribution in [0.2, 0.25) is 10.0 Å². The van der Waals surface area contributed by atoms with E-state index in [4.69, 9.17) is 62.1 Å². The second-order valence-electron chi connectivity index (χ2n) is 32.8. The number of amides is 8. The van der Waals surface area contributed by atoms with Gasteiger partial charge in [0.05, 0.1) is 51.2 Å². The predicted molar refractivity (Wildman–Crippen MR) is 452 cm³/mol. The van der Waals surface area contributed by atoms with Crippen LogP contribution in [0, 0.1) is 5.92 Å². The number of likely N-dealkylation sites (N-methyl/N-ethyl adjacent to an activating group) is 1.